The molecule has 0 amide bonds. The summed E-state index contributed by atoms with van der Waals surface area (Å²) < 4.78 is 2.09. The highest BCUT2D eigenvalue weighted by molar-refractivity contribution is 5.85. The molecule has 7 nitrogen and oxygen atoms in total. The maximum absolute atomic E-state index is 6.29. The van der Waals surface area contributed by atoms with Crippen molar-refractivity contribution in [1.82, 2.24) is 29.7 Å². The predicted octanol–water partition coefficient (Wildman–Crippen LogP) is 5.87. The summed E-state index contributed by atoms with van der Waals surface area (Å²) in [6.07, 6.45) is 5.94. The van der Waals surface area contributed by atoms with Crippen LogP contribution in [0.25, 0.3) is 33.8 Å². The van der Waals surface area contributed by atoms with Crippen LogP contribution in [-0.4, -0.2) is 50.6 Å². The Balaban J connectivity index is 0.00000164. The number of allylic oxidation sites excluding steroid dienone is 4. The second-order valence-electron chi connectivity index (χ2n) is 9.40. The number of imidazole rings is 1. The molecule has 7 heteroatoms. The second kappa shape index (κ2) is 12.6. The number of nitrogens with zero attached hydrogens (tertiary/aromatic N) is 5. The van der Waals surface area contributed by atoms with Crippen LogP contribution in [0.15, 0.2) is 72.5 Å². The number of piperazine rings is 1. The van der Waals surface area contributed by atoms with Crippen LogP contribution in [0.5, 0.6) is 0 Å². The molecule has 4 heterocycles. The van der Waals surface area contributed by atoms with Gasteiger partial charge in [0.2, 0.25) is 0 Å². The lowest BCUT2D eigenvalue weighted by atomic mass is 10.1. The van der Waals surface area contributed by atoms with Gasteiger partial charge in [-0.1, -0.05) is 43.7 Å². The fraction of sp³-hybridized carbons (Fsp3) is 0.323. The number of hydrogen-bond donors (Lipinski definition) is 2. The highest BCUT2D eigenvalue weighted by atomic mass is 15.2. The largest absolute Gasteiger partial charge is 0.383 e. The summed E-state index contributed by atoms with van der Waals surface area (Å²) in [7, 11) is 0. The van der Waals surface area contributed by atoms with Crippen LogP contribution in [0.3, 0.4) is 0 Å². The first-order chi connectivity index (χ1) is 18.5. The summed E-state index contributed by atoms with van der Waals surface area (Å²) in [5.41, 5.74) is 14.2. The van der Waals surface area contributed by atoms with Crippen molar-refractivity contribution in [1.29, 1.82) is 0 Å². The quantitative estimate of drug-likeness (QED) is 0.317. The summed E-state index contributed by atoms with van der Waals surface area (Å²) in [4.78, 5) is 16.8. The average molecular weight is 510 g/mol. The minimum atomic E-state index is 0.447. The first kappa shape index (κ1) is 27.2. The Hall–Kier alpha value is -3.81. The Morgan fingerprint density at radius 2 is 1.74 bits per heavy atom. The van der Waals surface area contributed by atoms with E-state index in [0.717, 1.165) is 72.2 Å². The van der Waals surface area contributed by atoms with Crippen molar-refractivity contribution in [3.05, 3.63) is 83.7 Å². The molecule has 0 aliphatic carbocycles. The van der Waals surface area contributed by atoms with E-state index in [0.29, 0.717) is 5.82 Å². The van der Waals surface area contributed by atoms with Crippen molar-refractivity contribution < 1.29 is 0 Å². The van der Waals surface area contributed by atoms with Crippen LogP contribution in [0.1, 0.15) is 45.9 Å². The molecule has 1 saturated heterocycles. The number of benzene rings is 1. The van der Waals surface area contributed by atoms with E-state index in [9.17, 15) is 0 Å². The Morgan fingerprint density at radius 3 is 2.39 bits per heavy atom. The highest BCUT2D eigenvalue weighted by Crippen LogP contribution is 2.31. The van der Waals surface area contributed by atoms with Crippen molar-refractivity contribution in [3.63, 3.8) is 0 Å². The molecule has 1 fully saturated rings. The lowest BCUT2D eigenvalue weighted by Gasteiger charge is -2.27. The number of rotatable bonds is 6. The van der Waals surface area contributed by atoms with Gasteiger partial charge in [0.05, 0.1) is 11.3 Å². The van der Waals surface area contributed by atoms with Gasteiger partial charge in [-0.15, -0.1) is 0 Å². The lowest BCUT2D eigenvalue weighted by molar-refractivity contribution is 0.233. The molecule has 5 rings (SSSR count). The zero-order chi connectivity index (χ0) is 27.1. The topological polar surface area (TPSA) is 84.9 Å². The molecule has 4 aromatic rings. The molecule has 0 unspecified atom stereocenters. The van der Waals surface area contributed by atoms with Gasteiger partial charge >= 0.3 is 0 Å². The van der Waals surface area contributed by atoms with Crippen LogP contribution < -0.4 is 11.1 Å². The number of nitrogens with two attached hydrogens (primary N) is 1. The molecule has 3 N–H and O–H groups in total. The van der Waals surface area contributed by atoms with E-state index in [1.54, 1.807) is 6.20 Å². The maximum atomic E-state index is 6.29. The zero-order valence-electron chi connectivity index (χ0n) is 23.2. The van der Waals surface area contributed by atoms with Gasteiger partial charge in [0, 0.05) is 44.6 Å². The van der Waals surface area contributed by atoms with E-state index in [1.165, 1.54) is 11.1 Å². The van der Waals surface area contributed by atoms with Crippen molar-refractivity contribution in [2.45, 2.75) is 41.2 Å². The number of fused-ring (bicyclic) bond motifs is 1. The predicted molar refractivity (Wildman–Crippen MR) is 159 cm³/mol. The molecule has 0 spiro atoms. The molecule has 38 heavy (non-hydrogen) atoms. The summed E-state index contributed by atoms with van der Waals surface area (Å²) >= 11 is 0. The Labute approximate surface area is 226 Å². The number of aromatic nitrogens is 4. The third-order valence-corrected chi connectivity index (χ3v) is 6.45. The van der Waals surface area contributed by atoms with Gasteiger partial charge in [-0.3, -0.25) is 9.47 Å². The van der Waals surface area contributed by atoms with Crippen LogP contribution >= 0.6 is 0 Å². The molecular weight excluding hydrogens is 470 g/mol. The summed E-state index contributed by atoms with van der Waals surface area (Å²) in [6.45, 7) is 15.4. The normalized spacial score (nSPS) is 14.2. The Kier molecular flexibility index (Phi) is 9.05. The van der Waals surface area contributed by atoms with Crippen molar-refractivity contribution in [2.24, 2.45) is 0 Å². The van der Waals surface area contributed by atoms with Gasteiger partial charge in [0.1, 0.15) is 11.3 Å². The summed E-state index contributed by atoms with van der Waals surface area (Å²) in [5.74, 6) is 1.18. The minimum absolute atomic E-state index is 0.447. The van der Waals surface area contributed by atoms with Crippen molar-refractivity contribution >= 4 is 22.6 Å². The number of nitrogens with one attached hydrogen (secondary N) is 1. The molecular formula is C31H39N7. The number of anilines is 1. The Bertz CT molecular complexity index is 1420. The Morgan fingerprint density at radius 1 is 1.00 bits per heavy atom. The fourth-order valence-electron chi connectivity index (χ4n) is 4.64. The van der Waals surface area contributed by atoms with E-state index in [-0.39, 0.29) is 0 Å². The van der Waals surface area contributed by atoms with E-state index < -0.39 is 0 Å². The van der Waals surface area contributed by atoms with E-state index >= 15 is 0 Å². The molecule has 1 aliphatic heterocycles. The number of hydrogen-bond acceptors (Lipinski definition) is 6. The fourth-order valence-corrected chi connectivity index (χ4v) is 4.64. The highest BCUT2D eigenvalue weighted by Gasteiger charge is 2.19. The zero-order valence-corrected chi connectivity index (χ0v) is 23.2. The third-order valence-electron chi connectivity index (χ3n) is 6.45. The summed E-state index contributed by atoms with van der Waals surface area (Å²) in [5, 5.41) is 3.42. The summed E-state index contributed by atoms with van der Waals surface area (Å²) in [6, 6.07) is 16.6. The molecule has 1 aromatic carbocycles. The number of pyridine rings is 2. The molecule has 3 aromatic heterocycles. The van der Waals surface area contributed by atoms with Gasteiger partial charge in [0.15, 0.2) is 11.5 Å². The van der Waals surface area contributed by atoms with Crippen LogP contribution in [0, 0.1) is 0 Å². The smallest absolute Gasteiger partial charge is 0.165 e. The maximum Gasteiger partial charge on any atom is 0.165 e. The molecule has 0 atom stereocenters. The minimum Gasteiger partial charge on any atom is -0.383 e. The van der Waals surface area contributed by atoms with Gasteiger partial charge in [-0.25, -0.2) is 15.0 Å². The van der Waals surface area contributed by atoms with Gasteiger partial charge in [0.25, 0.3) is 0 Å². The molecule has 0 bridgehead atoms. The molecule has 0 radical (unpaired) electrons. The first-order valence-corrected chi connectivity index (χ1v) is 13.5. The standard InChI is InChI=1S/C29H33N7.C2H6/c1-4-22(18-20(2)3)25-11-12-26-29(33-25)36(28(34-26)24-6-5-13-32-27(24)30)23-9-7-21(8-10-23)19-35-16-14-31-15-17-35;1-2/h4-13,18,31H,14-17,19H2,1-3H3,(H2,30,32);1-2H3/b22-4+;. The monoisotopic (exact) mass is 509 g/mol. The van der Waals surface area contributed by atoms with Crippen molar-refractivity contribution in [3.8, 4) is 17.1 Å². The van der Waals surface area contributed by atoms with Gasteiger partial charge < -0.3 is 11.1 Å². The van der Waals surface area contributed by atoms with Crippen LogP contribution in [0.4, 0.5) is 5.82 Å². The molecule has 198 valence electrons. The van der Waals surface area contributed by atoms with Gasteiger partial charge in [-0.2, -0.15) is 0 Å². The van der Waals surface area contributed by atoms with E-state index in [1.807, 2.05) is 45.0 Å². The van der Waals surface area contributed by atoms with Crippen LogP contribution in [0.2, 0.25) is 0 Å². The van der Waals surface area contributed by atoms with E-state index in [4.69, 9.17) is 15.7 Å². The second-order valence-corrected chi connectivity index (χ2v) is 9.40. The lowest BCUT2D eigenvalue weighted by Crippen LogP contribution is -2.42. The first-order valence-electron chi connectivity index (χ1n) is 13.5. The average Bonchev–Trinajstić information content (AvgIpc) is 3.32. The molecule has 1 aliphatic rings. The van der Waals surface area contributed by atoms with Crippen LogP contribution in [-0.2, 0) is 6.54 Å². The SMILES string of the molecule is C/C=C(\C=C(C)C)c1ccc2nc(-c3cccnc3N)n(-c3ccc(CN4CCNCC4)cc3)c2n1.CC. The molecule has 0 saturated carbocycles. The number of nitrogen functional groups attached to an aromatic ring is 1. The van der Waals surface area contributed by atoms with Crippen molar-refractivity contribution in [2.75, 3.05) is 31.9 Å². The van der Waals surface area contributed by atoms with Gasteiger partial charge in [-0.05, 0) is 68.3 Å². The van der Waals surface area contributed by atoms with E-state index in [2.05, 4.69) is 70.0 Å². The third kappa shape index (κ3) is 6.01.